The van der Waals surface area contributed by atoms with Crippen LogP contribution in [0.1, 0.15) is 31.9 Å². The van der Waals surface area contributed by atoms with Crippen molar-refractivity contribution in [3.8, 4) is 0 Å². The van der Waals surface area contributed by atoms with Gasteiger partial charge in [-0.25, -0.2) is 4.79 Å². The Morgan fingerprint density at radius 2 is 2.16 bits per heavy atom. The minimum atomic E-state index is -0.806. The lowest BCUT2D eigenvalue weighted by atomic mass is 9.93. The van der Waals surface area contributed by atoms with Crippen molar-refractivity contribution >= 4 is 33.6 Å². The predicted octanol–water partition coefficient (Wildman–Crippen LogP) is 2.73. The quantitative estimate of drug-likeness (QED) is 0.862. The molecule has 1 aromatic rings. The minimum Gasteiger partial charge on any atom is -0.441 e. The Balaban J connectivity index is 2.49. The molecule has 2 atom stereocenters. The number of rotatable bonds is 1. The molecule has 0 spiro atoms. The number of primary amides is 1. The Labute approximate surface area is 119 Å². The third-order valence-electron chi connectivity index (χ3n) is 3.19. The summed E-state index contributed by atoms with van der Waals surface area (Å²) in [5.74, 6) is -0.0337. The molecule has 0 saturated carbocycles. The maximum Gasteiger partial charge on any atom is 0.405 e. The maximum absolute atomic E-state index is 11.8. The van der Waals surface area contributed by atoms with E-state index in [-0.39, 0.29) is 11.9 Å². The van der Waals surface area contributed by atoms with E-state index in [1.54, 1.807) is 4.90 Å². The fourth-order valence-electron chi connectivity index (χ4n) is 2.51. The number of amides is 2. The van der Waals surface area contributed by atoms with Crippen molar-refractivity contribution in [3.05, 3.63) is 28.2 Å². The Bertz CT molecular complexity index is 533. The number of nitrogens with two attached hydrogens (primary N) is 1. The van der Waals surface area contributed by atoms with Crippen molar-refractivity contribution in [1.29, 1.82) is 0 Å². The Kier molecular flexibility index (Phi) is 3.80. The number of carbonyl (C=O) groups excluding carboxylic acids is 2. The molecular formula is C13H15BrN2O3. The highest BCUT2D eigenvalue weighted by Gasteiger charge is 2.34. The first-order valence-corrected chi connectivity index (χ1v) is 6.74. The molecule has 0 saturated heterocycles. The molecular weight excluding hydrogens is 312 g/mol. The summed E-state index contributed by atoms with van der Waals surface area (Å²) in [6, 6.07) is 5.50. The highest BCUT2D eigenvalue weighted by atomic mass is 79.9. The zero-order valence-electron chi connectivity index (χ0n) is 10.7. The average Bonchev–Trinajstić information content (AvgIpc) is 2.28. The van der Waals surface area contributed by atoms with Crippen molar-refractivity contribution < 1.29 is 14.3 Å². The van der Waals surface area contributed by atoms with Crippen LogP contribution in [-0.2, 0) is 9.53 Å². The molecule has 0 fully saturated rings. The molecule has 2 amide bonds. The summed E-state index contributed by atoms with van der Waals surface area (Å²) in [5, 5.41) is 0. The molecule has 0 bridgehead atoms. The van der Waals surface area contributed by atoms with Crippen molar-refractivity contribution in [1.82, 2.24) is 0 Å². The summed E-state index contributed by atoms with van der Waals surface area (Å²) in [6.45, 7) is 3.45. The summed E-state index contributed by atoms with van der Waals surface area (Å²) in [4.78, 5) is 24.5. The van der Waals surface area contributed by atoms with Gasteiger partial charge in [0.25, 0.3) is 0 Å². The summed E-state index contributed by atoms with van der Waals surface area (Å²) in [7, 11) is 0. The normalized spacial score (nSPS) is 21.7. The monoisotopic (exact) mass is 326 g/mol. The molecule has 19 heavy (non-hydrogen) atoms. The summed E-state index contributed by atoms with van der Waals surface area (Å²) >= 11 is 3.38. The van der Waals surface area contributed by atoms with E-state index in [1.165, 1.54) is 6.92 Å². The van der Waals surface area contributed by atoms with Crippen LogP contribution >= 0.6 is 15.9 Å². The van der Waals surface area contributed by atoms with Crippen molar-refractivity contribution in [2.45, 2.75) is 32.4 Å². The zero-order valence-corrected chi connectivity index (χ0v) is 12.3. The lowest BCUT2D eigenvalue weighted by molar-refractivity contribution is -0.117. The summed E-state index contributed by atoms with van der Waals surface area (Å²) in [6.07, 6.45) is -0.693. The highest BCUT2D eigenvalue weighted by molar-refractivity contribution is 9.10. The molecule has 0 aliphatic carbocycles. The van der Waals surface area contributed by atoms with Crippen LogP contribution < -0.4 is 10.6 Å². The smallest absolute Gasteiger partial charge is 0.405 e. The van der Waals surface area contributed by atoms with Crippen LogP contribution in [0.25, 0.3) is 0 Å². The largest absolute Gasteiger partial charge is 0.441 e. The third-order valence-corrected chi connectivity index (χ3v) is 3.68. The Morgan fingerprint density at radius 3 is 2.74 bits per heavy atom. The van der Waals surface area contributed by atoms with E-state index < -0.39 is 12.2 Å². The first-order valence-electron chi connectivity index (χ1n) is 5.95. The van der Waals surface area contributed by atoms with E-state index in [2.05, 4.69) is 15.9 Å². The molecule has 2 rings (SSSR count). The van der Waals surface area contributed by atoms with Gasteiger partial charge in [-0.1, -0.05) is 15.9 Å². The second kappa shape index (κ2) is 5.21. The van der Waals surface area contributed by atoms with Gasteiger partial charge in [0.1, 0.15) is 6.10 Å². The molecule has 6 heteroatoms. The maximum atomic E-state index is 11.8. The molecule has 1 heterocycles. The number of ether oxygens (including phenoxy) is 1. The molecule has 2 N–H and O–H groups in total. The number of anilines is 1. The fraction of sp³-hybridized carbons (Fsp3) is 0.385. The molecule has 1 aromatic carbocycles. The van der Waals surface area contributed by atoms with Gasteiger partial charge in [-0.2, -0.15) is 0 Å². The van der Waals surface area contributed by atoms with Crippen LogP contribution in [0.15, 0.2) is 22.7 Å². The number of hydrogen-bond donors (Lipinski definition) is 1. The van der Waals surface area contributed by atoms with E-state index in [0.717, 1.165) is 15.7 Å². The zero-order chi connectivity index (χ0) is 14.2. The van der Waals surface area contributed by atoms with Gasteiger partial charge in [0.2, 0.25) is 5.91 Å². The van der Waals surface area contributed by atoms with Gasteiger partial charge in [0.15, 0.2) is 0 Å². The summed E-state index contributed by atoms with van der Waals surface area (Å²) in [5.41, 5.74) is 6.66. The molecule has 0 aromatic heterocycles. The first kappa shape index (κ1) is 13.9. The van der Waals surface area contributed by atoms with Crippen molar-refractivity contribution in [2.24, 2.45) is 5.73 Å². The van der Waals surface area contributed by atoms with Crippen molar-refractivity contribution in [3.63, 3.8) is 0 Å². The van der Waals surface area contributed by atoms with Crippen LogP contribution in [-0.4, -0.2) is 18.0 Å². The molecule has 0 unspecified atom stereocenters. The first-order chi connectivity index (χ1) is 8.90. The standard InChI is InChI=1S/C13H15BrN2O3/c1-7-5-12(19-13(15)18)10-6-9(14)3-4-11(10)16(7)8(2)17/h3-4,6-7,12H,5H2,1-2H3,(H2,15,18)/t7-,12+/m0/s1. The summed E-state index contributed by atoms with van der Waals surface area (Å²) < 4.78 is 6.01. The van der Waals surface area contributed by atoms with Crippen LogP contribution in [0.2, 0.25) is 0 Å². The van der Waals surface area contributed by atoms with E-state index in [1.807, 2.05) is 25.1 Å². The van der Waals surface area contributed by atoms with Gasteiger partial charge in [-0.05, 0) is 25.1 Å². The Morgan fingerprint density at radius 1 is 1.47 bits per heavy atom. The van der Waals surface area contributed by atoms with E-state index in [0.29, 0.717) is 6.42 Å². The van der Waals surface area contributed by atoms with Crippen LogP contribution in [0, 0.1) is 0 Å². The Hall–Kier alpha value is -1.56. The third kappa shape index (κ3) is 2.73. The molecule has 1 aliphatic heterocycles. The van der Waals surface area contributed by atoms with Crippen LogP contribution in [0.3, 0.4) is 0 Å². The van der Waals surface area contributed by atoms with E-state index in [4.69, 9.17) is 10.5 Å². The molecule has 1 aliphatic rings. The average molecular weight is 327 g/mol. The fourth-order valence-corrected chi connectivity index (χ4v) is 2.89. The second-order valence-electron chi connectivity index (χ2n) is 4.60. The predicted molar refractivity (Wildman–Crippen MR) is 74.8 cm³/mol. The van der Waals surface area contributed by atoms with Gasteiger partial charge in [-0.15, -0.1) is 0 Å². The number of benzene rings is 1. The van der Waals surface area contributed by atoms with Gasteiger partial charge < -0.3 is 15.4 Å². The van der Waals surface area contributed by atoms with E-state index >= 15 is 0 Å². The highest BCUT2D eigenvalue weighted by Crippen LogP contribution is 2.40. The van der Waals surface area contributed by atoms with Gasteiger partial charge in [0, 0.05) is 29.4 Å². The molecule has 0 radical (unpaired) electrons. The van der Waals surface area contributed by atoms with E-state index in [9.17, 15) is 9.59 Å². The lowest BCUT2D eigenvalue weighted by Gasteiger charge is -2.38. The number of fused-ring (bicyclic) bond motifs is 1. The molecule has 5 nitrogen and oxygen atoms in total. The van der Waals surface area contributed by atoms with Crippen LogP contribution in [0.4, 0.5) is 10.5 Å². The number of halogens is 1. The van der Waals surface area contributed by atoms with Gasteiger partial charge in [0.05, 0.1) is 5.69 Å². The van der Waals surface area contributed by atoms with Crippen molar-refractivity contribution in [2.75, 3.05) is 4.90 Å². The lowest BCUT2D eigenvalue weighted by Crippen LogP contribution is -2.42. The number of carbonyl (C=O) groups is 2. The van der Waals surface area contributed by atoms with Gasteiger partial charge >= 0.3 is 6.09 Å². The number of nitrogens with zero attached hydrogens (tertiary/aromatic N) is 1. The molecule has 102 valence electrons. The topological polar surface area (TPSA) is 72.6 Å². The number of hydrogen-bond acceptors (Lipinski definition) is 3. The van der Waals surface area contributed by atoms with Crippen LogP contribution in [0.5, 0.6) is 0 Å². The minimum absolute atomic E-state index is 0.0337. The second-order valence-corrected chi connectivity index (χ2v) is 5.52. The SMILES string of the molecule is CC(=O)N1c2ccc(Br)cc2[C@H](OC(N)=O)C[C@@H]1C. The van der Waals surface area contributed by atoms with Gasteiger partial charge in [-0.3, -0.25) is 4.79 Å².